The zero-order chi connectivity index (χ0) is 18.0. The monoisotopic (exact) mass is 338 g/mol. The first-order valence-electron chi connectivity index (χ1n) is 8.18. The summed E-state index contributed by atoms with van der Waals surface area (Å²) in [5, 5.41) is 18.4. The highest BCUT2D eigenvalue weighted by Gasteiger charge is 2.41. The summed E-state index contributed by atoms with van der Waals surface area (Å²) in [7, 11) is 0. The Labute approximate surface area is 146 Å². The molecular weight excluding hydrogens is 319 g/mol. The molecule has 0 aromatic heterocycles. The van der Waals surface area contributed by atoms with Crippen molar-refractivity contribution in [3.8, 4) is 6.07 Å². The molecule has 1 unspecified atom stereocenters. The molecule has 2 aromatic rings. The second-order valence-corrected chi connectivity index (χ2v) is 6.74. The summed E-state index contributed by atoms with van der Waals surface area (Å²) in [6.45, 7) is 2.37. The van der Waals surface area contributed by atoms with Gasteiger partial charge in [0.15, 0.2) is 0 Å². The topological polar surface area (TPSA) is 64.3 Å². The summed E-state index contributed by atoms with van der Waals surface area (Å²) in [6.07, 6.45) is 0.634. The highest BCUT2D eigenvalue weighted by atomic mass is 19.1. The van der Waals surface area contributed by atoms with E-state index in [-0.39, 0.29) is 11.2 Å². The number of carboxylic acid groups (broad SMARTS) is 1. The van der Waals surface area contributed by atoms with Gasteiger partial charge in [-0.2, -0.15) is 5.26 Å². The first kappa shape index (κ1) is 17.0. The van der Waals surface area contributed by atoms with Crippen molar-refractivity contribution >= 4 is 11.8 Å². The SMILES string of the molecule is CC1(CCC#N)CN(C(=O)O)c2cc(Cc3ccc(F)cc3)ccc21. The lowest BCUT2D eigenvalue weighted by atomic mass is 9.80. The quantitative estimate of drug-likeness (QED) is 0.894. The van der Waals surface area contributed by atoms with Gasteiger partial charge in [-0.05, 0) is 47.7 Å². The van der Waals surface area contributed by atoms with E-state index in [0.29, 0.717) is 31.5 Å². The van der Waals surface area contributed by atoms with Gasteiger partial charge in [0.1, 0.15) is 5.82 Å². The van der Waals surface area contributed by atoms with Crippen LogP contribution in [0, 0.1) is 17.1 Å². The molecule has 25 heavy (non-hydrogen) atoms. The normalized spacial score (nSPS) is 18.7. The fourth-order valence-electron chi connectivity index (χ4n) is 3.49. The Morgan fingerprint density at radius 2 is 1.96 bits per heavy atom. The minimum atomic E-state index is -0.985. The van der Waals surface area contributed by atoms with Gasteiger partial charge in [0.05, 0.1) is 11.8 Å². The van der Waals surface area contributed by atoms with Gasteiger partial charge in [0.2, 0.25) is 0 Å². The predicted molar refractivity (Wildman–Crippen MR) is 93.2 cm³/mol. The van der Waals surface area contributed by atoms with Crippen LogP contribution in [0.5, 0.6) is 0 Å². The third-order valence-electron chi connectivity index (χ3n) is 4.85. The molecule has 4 nitrogen and oxygen atoms in total. The Bertz CT molecular complexity index is 842. The highest BCUT2D eigenvalue weighted by Crippen LogP contribution is 2.44. The minimum absolute atomic E-state index is 0.275. The standard InChI is InChI=1S/C20H19FN2O2/c1-20(9-2-10-22)13-23(19(24)25)18-12-15(5-8-17(18)20)11-14-3-6-16(21)7-4-14/h3-8,12H,2,9,11,13H2,1H3,(H,24,25). The van der Waals surface area contributed by atoms with E-state index in [0.717, 1.165) is 16.7 Å². The van der Waals surface area contributed by atoms with Crippen molar-refractivity contribution in [1.29, 1.82) is 5.26 Å². The number of nitrogens with zero attached hydrogens (tertiary/aromatic N) is 2. The number of halogens is 1. The van der Waals surface area contributed by atoms with Crippen LogP contribution in [-0.2, 0) is 11.8 Å². The van der Waals surface area contributed by atoms with Gasteiger partial charge in [-0.1, -0.05) is 31.2 Å². The number of nitriles is 1. The van der Waals surface area contributed by atoms with Gasteiger partial charge in [-0.3, -0.25) is 4.90 Å². The first-order valence-corrected chi connectivity index (χ1v) is 8.18. The minimum Gasteiger partial charge on any atom is -0.465 e. The number of amides is 1. The van der Waals surface area contributed by atoms with Crippen molar-refractivity contribution in [3.05, 3.63) is 65.0 Å². The number of hydrogen-bond donors (Lipinski definition) is 1. The highest BCUT2D eigenvalue weighted by molar-refractivity contribution is 5.90. The molecule has 5 heteroatoms. The van der Waals surface area contributed by atoms with Gasteiger partial charge < -0.3 is 5.11 Å². The van der Waals surface area contributed by atoms with Gasteiger partial charge in [0.25, 0.3) is 0 Å². The molecule has 1 aliphatic rings. The summed E-state index contributed by atoms with van der Waals surface area (Å²) in [5.74, 6) is -0.275. The Kier molecular flexibility index (Phi) is 4.45. The Hall–Kier alpha value is -2.87. The molecule has 0 spiro atoms. The number of hydrogen-bond acceptors (Lipinski definition) is 2. The maximum atomic E-state index is 13.0. The lowest BCUT2D eigenvalue weighted by Crippen LogP contribution is -2.34. The second kappa shape index (κ2) is 6.56. The van der Waals surface area contributed by atoms with Crippen molar-refractivity contribution in [2.24, 2.45) is 0 Å². The summed E-state index contributed by atoms with van der Waals surface area (Å²) in [4.78, 5) is 13.0. The molecule has 128 valence electrons. The molecule has 0 saturated carbocycles. The van der Waals surface area contributed by atoms with E-state index in [1.54, 1.807) is 12.1 Å². The zero-order valence-corrected chi connectivity index (χ0v) is 14.0. The molecule has 0 saturated heterocycles. The number of carbonyl (C=O) groups is 1. The number of benzene rings is 2. The van der Waals surface area contributed by atoms with E-state index in [1.165, 1.54) is 17.0 Å². The smallest absolute Gasteiger partial charge is 0.411 e. The molecule has 0 fully saturated rings. The van der Waals surface area contributed by atoms with Crippen molar-refractivity contribution < 1.29 is 14.3 Å². The number of fused-ring (bicyclic) bond motifs is 1. The Morgan fingerprint density at radius 3 is 2.60 bits per heavy atom. The van der Waals surface area contributed by atoms with Crippen molar-refractivity contribution in [1.82, 2.24) is 0 Å². The van der Waals surface area contributed by atoms with Crippen LogP contribution in [-0.4, -0.2) is 17.7 Å². The summed E-state index contributed by atoms with van der Waals surface area (Å²) in [5.41, 5.74) is 3.24. The maximum Gasteiger partial charge on any atom is 0.411 e. The number of rotatable bonds is 4. The van der Waals surface area contributed by atoms with E-state index in [9.17, 15) is 14.3 Å². The third kappa shape index (κ3) is 3.34. The Morgan fingerprint density at radius 1 is 1.28 bits per heavy atom. The van der Waals surface area contributed by atoms with Gasteiger partial charge >= 0.3 is 6.09 Å². The lowest BCUT2D eigenvalue weighted by molar-refractivity contribution is 0.201. The molecule has 0 bridgehead atoms. The fraction of sp³-hybridized carbons (Fsp3) is 0.300. The molecule has 3 rings (SSSR count). The number of anilines is 1. The van der Waals surface area contributed by atoms with Crippen LogP contribution < -0.4 is 4.90 Å². The maximum absolute atomic E-state index is 13.0. The largest absolute Gasteiger partial charge is 0.465 e. The molecule has 0 radical (unpaired) electrons. The van der Waals surface area contributed by atoms with Crippen molar-refractivity contribution in [3.63, 3.8) is 0 Å². The van der Waals surface area contributed by atoms with Crippen molar-refractivity contribution in [2.75, 3.05) is 11.4 Å². The molecular formula is C20H19FN2O2. The Balaban J connectivity index is 1.94. The van der Waals surface area contributed by atoms with E-state index >= 15 is 0 Å². The molecule has 1 N–H and O–H groups in total. The molecule has 1 amide bonds. The van der Waals surface area contributed by atoms with Gasteiger partial charge in [-0.15, -0.1) is 0 Å². The molecule has 1 atom stereocenters. The van der Waals surface area contributed by atoms with E-state index in [2.05, 4.69) is 6.07 Å². The van der Waals surface area contributed by atoms with Crippen LogP contribution in [0.25, 0.3) is 0 Å². The van der Waals surface area contributed by atoms with Crippen molar-refractivity contribution in [2.45, 2.75) is 31.6 Å². The van der Waals surface area contributed by atoms with Crippen LogP contribution in [0.15, 0.2) is 42.5 Å². The van der Waals surface area contributed by atoms with Crippen LogP contribution in [0.4, 0.5) is 14.9 Å². The summed E-state index contributed by atoms with van der Waals surface area (Å²) >= 11 is 0. The molecule has 1 heterocycles. The zero-order valence-electron chi connectivity index (χ0n) is 14.0. The van der Waals surface area contributed by atoms with Crippen LogP contribution in [0.2, 0.25) is 0 Å². The predicted octanol–water partition coefficient (Wildman–Crippen LogP) is 4.48. The first-order chi connectivity index (χ1) is 11.9. The summed E-state index contributed by atoms with van der Waals surface area (Å²) in [6, 6.07) is 14.3. The second-order valence-electron chi connectivity index (χ2n) is 6.74. The average molecular weight is 338 g/mol. The van der Waals surface area contributed by atoms with E-state index in [4.69, 9.17) is 5.26 Å². The van der Waals surface area contributed by atoms with E-state index < -0.39 is 6.09 Å². The van der Waals surface area contributed by atoms with E-state index in [1.807, 2.05) is 25.1 Å². The van der Waals surface area contributed by atoms with Crippen LogP contribution in [0.3, 0.4) is 0 Å². The van der Waals surface area contributed by atoms with Gasteiger partial charge in [-0.25, -0.2) is 9.18 Å². The molecule has 0 aliphatic carbocycles. The fourth-order valence-corrected chi connectivity index (χ4v) is 3.49. The van der Waals surface area contributed by atoms with Gasteiger partial charge in [0, 0.05) is 18.4 Å². The lowest BCUT2D eigenvalue weighted by Gasteiger charge is -2.23. The third-order valence-corrected chi connectivity index (χ3v) is 4.85. The average Bonchev–Trinajstić information content (AvgIpc) is 2.88. The summed E-state index contributed by atoms with van der Waals surface area (Å²) < 4.78 is 13.0. The molecule has 2 aromatic carbocycles. The molecule has 1 aliphatic heterocycles. The van der Waals surface area contributed by atoms with Crippen LogP contribution >= 0.6 is 0 Å². The van der Waals surface area contributed by atoms with Crippen LogP contribution in [0.1, 0.15) is 36.5 Å².